The summed E-state index contributed by atoms with van der Waals surface area (Å²) in [5, 5.41) is 3.43. The molecule has 1 aromatic carbocycles. The minimum atomic E-state index is 0.221. The average Bonchev–Trinajstić information content (AvgIpc) is 2.89. The zero-order chi connectivity index (χ0) is 14.8. The van der Waals surface area contributed by atoms with Gasteiger partial charge in [-0.15, -0.1) is 0 Å². The van der Waals surface area contributed by atoms with Crippen LogP contribution in [0.15, 0.2) is 30.3 Å². The van der Waals surface area contributed by atoms with Gasteiger partial charge in [-0.1, -0.05) is 30.3 Å². The molecule has 3 rings (SSSR count). The van der Waals surface area contributed by atoms with E-state index in [2.05, 4.69) is 54.4 Å². The Kier molecular flexibility index (Phi) is 4.29. The summed E-state index contributed by atoms with van der Waals surface area (Å²) in [6, 6.07) is 11.4. The summed E-state index contributed by atoms with van der Waals surface area (Å²) in [4.78, 5) is 15.0. The topological polar surface area (TPSA) is 32.3 Å². The highest BCUT2D eigenvalue weighted by Gasteiger charge is 2.38. The van der Waals surface area contributed by atoms with Gasteiger partial charge in [-0.3, -0.25) is 4.79 Å². The molecule has 0 radical (unpaired) electrons. The summed E-state index contributed by atoms with van der Waals surface area (Å²) in [5.74, 6) is 1.10. The fraction of sp³-hybridized carbons (Fsp3) is 0.611. The normalized spacial score (nSPS) is 33.1. The second-order valence-corrected chi connectivity index (χ2v) is 6.65. The SMILES string of the molecule is CC1C(c2ccccc2)CCN1C(=O)[C@H]1CCN[C@@H](C)C1. The van der Waals surface area contributed by atoms with Crippen molar-refractivity contribution in [3.8, 4) is 0 Å². The highest BCUT2D eigenvalue weighted by molar-refractivity contribution is 5.79. The molecule has 2 fully saturated rings. The highest BCUT2D eigenvalue weighted by atomic mass is 16.2. The van der Waals surface area contributed by atoms with Crippen LogP contribution in [0, 0.1) is 5.92 Å². The van der Waals surface area contributed by atoms with Gasteiger partial charge >= 0.3 is 0 Å². The van der Waals surface area contributed by atoms with Gasteiger partial charge in [-0.2, -0.15) is 0 Å². The molecule has 1 N–H and O–H groups in total. The molecule has 0 saturated carbocycles. The average molecular weight is 286 g/mol. The van der Waals surface area contributed by atoms with Crippen LogP contribution in [0.3, 0.4) is 0 Å². The lowest BCUT2D eigenvalue weighted by Crippen LogP contribution is -2.45. The van der Waals surface area contributed by atoms with Crippen molar-refractivity contribution in [2.45, 2.75) is 51.1 Å². The fourth-order valence-electron chi connectivity index (χ4n) is 3.99. The Hall–Kier alpha value is -1.35. The molecular weight excluding hydrogens is 260 g/mol. The Morgan fingerprint density at radius 1 is 1.19 bits per heavy atom. The molecule has 2 saturated heterocycles. The number of amides is 1. The fourth-order valence-corrected chi connectivity index (χ4v) is 3.99. The van der Waals surface area contributed by atoms with E-state index in [4.69, 9.17) is 0 Å². The molecule has 2 aliphatic rings. The van der Waals surface area contributed by atoms with Crippen LogP contribution in [0.25, 0.3) is 0 Å². The van der Waals surface area contributed by atoms with Crippen LogP contribution >= 0.6 is 0 Å². The minimum Gasteiger partial charge on any atom is -0.339 e. The number of carbonyl (C=O) groups excluding carboxylic acids is 1. The van der Waals surface area contributed by atoms with Crippen LogP contribution in [-0.2, 0) is 4.79 Å². The number of nitrogens with zero attached hydrogens (tertiary/aromatic N) is 1. The van der Waals surface area contributed by atoms with Crippen molar-refractivity contribution in [2.24, 2.45) is 5.92 Å². The molecule has 3 heteroatoms. The van der Waals surface area contributed by atoms with E-state index < -0.39 is 0 Å². The van der Waals surface area contributed by atoms with E-state index >= 15 is 0 Å². The molecular formula is C18H26N2O. The first kappa shape index (κ1) is 14.6. The second-order valence-electron chi connectivity index (χ2n) is 6.65. The lowest BCUT2D eigenvalue weighted by atomic mass is 9.90. The first-order chi connectivity index (χ1) is 10.2. The third-order valence-corrected chi connectivity index (χ3v) is 5.24. The number of rotatable bonds is 2. The third kappa shape index (κ3) is 2.98. The Morgan fingerprint density at radius 2 is 1.95 bits per heavy atom. The smallest absolute Gasteiger partial charge is 0.226 e. The maximum atomic E-state index is 12.8. The van der Waals surface area contributed by atoms with Gasteiger partial charge in [0.25, 0.3) is 0 Å². The lowest BCUT2D eigenvalue weighted by molar-refractivity contribution is -0.137. The second kappa shape index (κ2) is 6.18. The summed E-state index contributed by atoms with van der Waals surface area (Å²) in [7, 11) is 0. The molecule has 0 bridgehead atoms. The third-order valence-electron chi connectivity index (χ3n) is 5.24. The van der Waals surface area contributed by atoms with Crippen molar-refractivity contribution in [1.29, 1.82) is 0 Å². The summed E-state index contributed by atoms with van der Waals surface area (Å²) in [6.07, 6.45) is 3.07. The first-order valence-corrected chi connectivity index (χ1v) is 8.25. The molecule has 1 amide bonds. The number of benzene rings is 1. The summed E-state index contributed by atoms with van der Waals surface area (Å²) >= 11 is 0. The van der Waals surface area contributed by atoms with Gasteiger partial charge in [0, 0.05) is 30.5 Å². The maximum Gasteiger partial charge on any atom is 0.226 e. The van der Waals surface area contributed by atoms with E-state index in [0.29, 0.717) is 23.9 Å². The van der Waals surface area contributed by atoms with Crippen LogP contribution in [0.2, 0.25) is 0 Å². The number of hydrogen-bond donors (Lipinski definition) is 1. The van der Waals surface area contributed by atoms with E-state index in [1.165, 1.54) is 5.56 Å². The van der Waals surface area contributed by atoms with Crippen LogP contribution in [0.1, 0.15) is 44.6 Å². The predicted octanol–water partition coefficient (Wildman–Crippen LogP) is 2.78. The molecule has 2 aliphatic heterocycles. The van der Waals surface area contributed by atoms with Gasteiger partial charge in [0.15, 0.2) is 0 Å². The van der Waals surface area contributed by atoms with Crippen molar-refractivity contribution in [3.05, 3.63) is 35.9 Å². The maximum absolute atomic E-state index is 12.8. The van der Waals surface area contributed by atoms with E-state index in [9.17, 15) is 4.79 Å². The monoisotopic (exact) mass is 286 g/mol. The van der Waals surface area contributed by atoms with E-state index in [1.807, 2.05) is 0 Å². The predicted molar refractivity (Wildman–Crippen MR) is 85.2 cm³/mol. The quantitative estimate of drug-likeness (QED) is 0.906. The zero-order valence-corrected chi connectivity index (χ0v) is 13.1. The van der Waals surface area contributed by atoms with Crippen molar-refractivity contribution in [2.75, 3.05) is 13.1 Å². The molecule has 2 unspecified atom stereocenters. The molecule has 2 heterocycles. The summed E-state index contributed by atoms with van der Waals surface area (Å²) in [6.45, 7) is 6.28. The molecule has 114 valence electrons. The van der Waals surface area contributed by atoms with E-state index in [-0.39, 0.29) is 5.92 Å². The Bertz CT molecular complexity index is 487. The zero-order valence-electron chi connectivity index (χ0n) is 13.1. The van der Waals surface area contributed by atoms with Gasteiger partial charge in [0.05, 0.1) is 0 Å². The molecule has 0 spiro atoms. The van der Waals surface area contributed by atoms with E-state index in [0.717, 1.165) is 32.4 Å². The highest BCUT2D eigenvalue weighted by Crippen LogP contribution is 2.35. The molecule has 4 atom stereocenters. The van der Waals surface area contributed by atoms with Crippen molar-refractivity contribution in [3.63, 3.8) is 0 Å². The number of nitrogens with one attached hydrogen (secondary N) is 1. The summed E-state index contributed by atoms with van der Waals surface area (Å²) < 4.78 is 0. The van der Waals surface area contributed by atoms with Crippen molar-refractivity contribution >= 4 is 5.91 Å². The van der Waals surface area contributed by atoms with Gasteiger partial charge < -0.3 is 10.2 Å². The molecule has 0 aromatic heterocycles. The minimum absolute atomic E-state index is 0.221. The van der Waals surface area contributed by atoms with Gasteiger partial charge in [-0.25, -0.2) is 0 Å². The number of piperidine rings is 1. The molecule has 0 aliphatic carbocycles. The Labute approximate surface area is 127 Å². The Balaban J connectivity index is 1.68. The number of likely N-dealkylation sites (tertiary alicyclic amines) is 1. The van der Waals surface area contributed by atoms with Gasteiger partial charge in [-0.05, 0) is 45.2 Å². The first-order valence-electron chi connectivity index (χ1n) is 8.25. The largest absolute Gasteiger partial charge is 0.339 e. The number of carbonyl (C=O) groups is 1. The van der Waals surface area contributed by atoms with Crippen molar-refractivity contribution in [1.82, 2.24) is 10.2 Å². The van der Waals surface area contributed by atoms with Crippen LogP contribution < -0.4 is 5.32 Å². The van der Waals surface area contributed by atoms with Crippen LogP contribution in [-0.4, -0.2) is 36.0 Å². The summed E-state index contributed by atoms with van der Waals surface area (Å²) in [5.41, 5.74) is 1.37. The standard InChI is InChI=1S/C18H26N2O/c1-13-12-16(8-10-19-13)18(21)20-11-9-17(14(20)2)15-6-4-3-5-7-15/h3-7,13-14,16-17,19H,8-12H2,1-2H3/t13-,14?,16-,17?/m0/s1. The van der Waals surface area contributed by atoms with Crippen molar-refractivity contribution < 1.29 is 4.79 Å². The number of hydrogen-bond acceptors (Lipinski definition) is 2. The van der Waals surface area contributed by atoms with Gasteiger partial charge in [0.2, 0.25) is 5.91 Å². The Morgan fingerprint density at radius 3 is 2.67 bits per heavy atom. The van der Waals surface area contributed by atoms with Gasteiger partial charge in [0.1, 0.15) is 0 Å². The van der Waals surface area contributed by atoms with E-state index in [1.54, 1.807) is 0 Å². The van der Waals surface area contributed by atoms with Crippen LogP contribution in [0.5, 0.6) is 0 Å². The lowest BCUT2D eigenvalue weighted by Gasteiger charge is -2.33. The van der Waals surface area contributed by atoms with Crippen LogP contribution in [0.4, 0.5) is 0 Å². The molecule has 1 aromatic rings. The molecule has 21 heavy (non-hydrogen) atoms. The molecule has 3 nitrogen and oxygen atoms in total.